The minimum Gasteiger partial charge on any atom is -0.395 e. The number of carbonyl (C=O) groups excluding carboxylic acids is 1. The summed E-state index contributed by atoms with van der Waals surface area (Å²) in [5, 5.41) is 12.2. The Balaban J connectivity index is 2.34. The highest BCUT2D eigenvalue weighted by Gasteiger charge is 2.39. The molecule has 2 rings (SSSR count). The molecule has 1 fully saturated rings. The van der Waals surface area contributed by atoms with Gasteiger partial charge in [-0.25, -0.2) is 0 Å². The summed E-state index contributed by atoms with van der Waals surface area (Å²) in [5.41, 5.74) is 0.624. The summed E-state index contributed by atoms with van der Waals surface area (Å²) in [7, 11) is 0. The van der Waals surface area contributed by atoms with E-state index in [-0.39, 0.29) is 12.5 Å². The summed E-state index contributed by atoms with van der Waals surface area (Å²) in [6, 6.07) is 9.69. The van der Waals surface area contributed by atoms with Crippen molar-refractivity contribution >= 4 is 5.91 Å². The molecule has 0 bridgehead atoms. The van der Waals surface area contributed by atoms with Crippen molar-refractivity contribution in [3.8, 4) is 0 Å². The minimum absolute atomic E-state index is 0.00968. The first kappa shape index (κ1) is 9.21. The van der Waals surface area contributed by atoms with Crippen molar-refractivity contribution in [3.05, 3.63) is 35.9 Å². The van der Waals surface area contributed by atoms with E-state index in [1.165, 1.54) is 0 Å². The fourth-order valence-corrected chi connectivity index (χ4v) is 1.90. The average Bonchev–Trinajstić information content (AvgIpc) is 2.63. The maximum absolute atomic E-state index is 11.2. The Morgan fingerprint density at radius 1 is 1.36 bits per heavy atom. The fraction of sp³-hybridized carbons (Fsp3) is 0.364. The van der Waals surface area contributed by atoms with Gasteiger partial charge in [0, 0.05) is 18.4 Å². The van der Waals surface area contributed by atoms with E-state index in [4.69, 9.17) is 0 Å². The van der Waals surface area contributed by atoms with Crippen molar-refractivity contribution in [1.82, 2.24) is 5.32 Å². The zero-order valence-electron chi connectivity index (χ0n) is 7.86. The first-order valence-corrected chi connectivity index (χ1v) is 4.70. The lowest BCUT2D eigenvalue weighted by Crippen LogP contribution is -2.32. The van der Waals surface area contributed by atoms with E-state index in [2.05, 4.69) is 5.32 Å². The summed E-state index contributed by atoms with van der Waals surface area (Å²) >= 11 is 0. The van der Waals surface area contributed by atoms with Gasteiger partial charge >= 0.3 is 0 Å². The highest BCUT2D eigenvalue weighted by molar-refractivity contribution is 5.80. The van der Waals surface area contributed by atoms with Gasteiger partial charge in [-0.15, -0.1) is 0 Å². The summed E-state index contributed by atoms with van der Waals surface area (Å²) in [6.45, 7) is 0.544. The molecule has 1 atom stereocenters. The van der Waals surface area contributed by atoms with Gasteiger partial charge < -0.3 is 10.4 Å². The van der Waals surface area contributed by atoms with Gasteiger partial charge in [-0.05, 0) is 5.56 Å². The van der Waals surface area contributed by atoms with Crippen LogP contribution in [-0.4, -0.2) is 24.2 Å². The molecule has 74 valence electrons. The third-order valence-corrected chi connectivity index (χ3v) is 2.81. The third-order valence-electron chi connectivity index (χ3n) is 2.81. The zero-order chi connectivity index (χ0) is 10.0. The highest BCUT2D eigenvalue weighted by atomic mass is 16.3. The SMILES string of the molecule is O=C1C[C@](CO)(c2ccccc2)CN1. The van der Waals surface area contributed by atoms with Crippen LogP contribution in [0.2, 0.25) is 0 Å². The maximum atomic E-state index is 11.2. The molecule has 0 radical (unpaired) electrons. The van der Waals surface area contributed by atoms with Crippen LogP contribution >= 0.6 is 0 Å². The number of benzene rings is 1. The number of nitrogens with one attached hydrogen (secondary N) is 1. The van der Waals surface area contributed by atoms with Gasteiger partial charge in [-0.2, -0.15) is 0 Å². The number of rotatable bonds is 2. The monoisotopic (exact) mass is 191 g/mol. The Hall–Kier alpha value is -1.35. The maximum Gasteiger partial charge on any atom is 0.221 e. The van der Waals surface area contributed by atoms with Crippen LogP contribution in [0.1, 0.15) is 12.0 Å². The summed E-state index contributed by atoms with van der Waals surface area (Å²) < 4.78 is 0. The quantitative estimate of drug-likeness (QED) is 0.712. The molecule has 0 spiro atoms. The second-order valence-corrected chi connectivity index (χ2v) is 3.76. The Morgan fingerprint density at radius 3 is 2.57 bits per heavy atom. The first-order chi connectivity index (χ1) is 6.77. The van der Waals surface area contributed by atoms with Crippen LogP contribution in [0.5, 0.6) is 0 Å². The number of hydrogen-bond donors (Lipinski definition) is 2. The number of aliphatic hydroxyl groups is 1. The van der Waals surface area contributed by atoms with Crippen LogP contribution in [0, 0.1) is 0 Å². The van der Waals surface area contributed by atoms with E-state index >= 15 is 0 Å². The second-order valence-electron chi connectivity index (χ2n) is 3.76. The molecule has 1 aromatic rings. The smallest absolute Gasteiger partial charge is 0.221 e. The number of amides is 1. The van der Waals surface area contributed by atoms with Crippen molar-refractivity contribution in [2.45, 2.75) is 11.8 Å². The van der Waals surface area contributed by atoms with Crippen LogP contribution in [-0.2, 0) is 10.2 Å². The van der Waals surface area contributed by atoms with Gasteiger partial charge in [0.2, 0.25) is 5.91 Å². The van der Waals surface area contributed by atoms with Gasteiger partial charge in [-0.1, -0.05) is 30.3 Å². The predicted octanol–water partition coefficient (Wildman–Crippen LogP) is 0.437. The Bertz CT molecular complexity index is 336. The Morgan fingerprint density at radius 2 is 2.07 bits per heavy atom. The molecule has 0 aliphatic carbocycles. The van der Waals surface area contributed by atoms with E-state index in [0.717, 1.165) is 5.56 Å². The molecule has 3 nitrogen and oxygen atoms in total. The number of aliphatic hydroxyl groups excluding tert-OH is 1. The van der Waals surface area contributed by atoms with Crippen LogP contribution in [0.25, 0.3) is 0 Å². The van der Waals surface area contributed by atoms with E-state index in [1.54, 1.807) is 0 Å². The molecular weight excluding hydrogens is 178 g/mol. The van der Waals surface area contributed by atoms with E-state index in [1.807, 2.05) is 30.3 Å². The fourth-order valence-electron chi connectivity index (χ4n) is 1.90. The first-order valence-electron chi connectivity index (χ1n) is 4.70. The molecule has 0 saturated carbocycles. The van der Waals surface area contributed by atoms with Crippen molar-refractivity contribution in [2.24, 2.45) is 0 Å². The molecule has 0 unspecified atom stereocenters. The molecule has 14 heavy (non-hydrogen) atoms. The lowest BCUT2D eigenvalue weighted by molar-refractivity contribution is -0.119. The van der Waals surface area contributed by atoms with E-state index in [9.17, 15) is 9.90 Å². The summed E-state index contributed by atoms with van der Waals surface area (Å²) in [5.74, 6) is 0.0166. The minimum atomic E-state index is -0.404. The highest BCUT2D eigenvalue weighted by Crippen LogP contribution is 2.30. The Labute approximate surface area is 82.8 Å². The lowest BCUT2D eigenvalue weighted by atomic mass is 9.80. The van der Waals surface area contributed by atoms with Gasteiger partial charge in [0.1, 0.15) is 0 Å². The molecule has 1 aromatic carbocycles. The lowest BCUT2D eigenvalue weighted by Gasteiger charge is -2.24. The van der Waals surface area contributed by atoms with Crippen molar-refractivity contribution < 1.29 is 9.90 Å². The molecule has 0 aromatic heterocycles. The largest absolute Gasteiger partial charge is 0.395 e. The van der Waals surface area contributed by atoms with Gasteiger partial charge in [0.05, 0.1) is 6.61 Å². The van der Waals surface area contributed by atoms with E-state index < -0.39 is 5.41 Å². The summed E-state index contributed by atoms with van der Waals surface area (Å²) in [4.78, 5) is 11.2. The van der Waals surface area contributed by atoms with Crippen molar-refractivity contribution in [1.29, 1.82) is 0 Å². The van der Waals surface area contributed by atoms with E-state index in [0.29, 0.717) is 13.0 Å². The molecule has 1 aliphatic heterocycles. The normalized spacial score (nSPS) is 26.2. The Kier molecular flexibility index (Phi) is 2.25. The number of hydrogen-bond acceptors (Lipinski definition) is 2. The van der Waals surface area contributed by atoms with Crippen LogP contribution in [0.15, 0.2) is 30.3 Å². The summed E-state index contributed by atoms with van der Waals surface area (Å²) in [6.07, 6.45) is 0.382. The zero-order valence-corrected chi connectivity index (χ0v) is 7.86. The number of carbonyl (C=O) groups is 1. The molecule has 2 N–H and O–H groups in total. The van der Waals surface area contributed by atoms with Crippen LogP contribution in [0.4, 0.5) is 0 Å². The van der Waals surface area contributed by atoms with Gasteiger partial charge in [0.25, 0.3) is 0 Å². The third kappa shape index (κ3) is 1.40. The standard InChI is InChI=1S/C11H13NO2/c13-8-11(6-10(14)12-7-11)9-4-2-1-3-5-9/h1-5,13H,6-8H2,(H,12,14)/t11-/m0/s1. The molecule has 1 heterocycles. The van der Waals surface area contributed by atoms with Gasteiger partial charge in [0.15, 0.2) is 0 Å². The molecule has 3 heteroatoms. The molecule has 1 saturated heterocycles. The van der Waals surface area contributed by atoms with Crippen molar-refractivity contribution in [3.63, 3.8) is 0 Å². The van der Waals surface area contributed by atoms with Crippen LogP contribution in [0.3, 0.4) is 0 Å². The average molecular weight is 191 g/mol. The van der Waals surface area contributed by atoms with Crippen molar-refractivity contribution in [2.75, 3.05) is 13.2 Å². The van der Waals surface area contributed by atoms with Crippen LogP contribution < -0.4 is 5.32 Å². The molecular formula is C11H13NO2. The van der Waals surface area contributed by atoms with Gasteiger partial charge in [-0.3, -0.25) is 4.79 Å². The topological polar surface area (TPSA) is 49.3 Å². The second kappa shape index (κ2) is 3.42. The molecule has 1 aliphatic rings. The predicted molar refractivity (Wildman–Crippen MR) is 52.8 cm³/mol. The molecule has 1 amide bonds.